The molecule has 1 N–H and O–H groups in total. The second kappa shape index (κ2) is 5.47. The first-order valence-corrected chi connectivity index (χ1v) is 6.02. The van der Waals surface area contributed by atoms with E-state index in [0.717, 1.165) is 31.7 Å². The third-order valence-corrected chi connectivity index (χ3v) is 3.27. The fourth-order valence-electron chi connectivity index (χ4n) is 2.37. The van der Waals surface area contributed by atoms with Crippen LogP contribution < -0.4 is 4.90 Å². The number of likely N-dealkylation sites (N-methyl/N-ethyl adjacent to an activating group) is 1. The minimum Gasteiger partial charge on any atom is -0.394 e. The number of hydrogen-bond donors (Lipinski definition) is 1. The standard InChI is InChI=1S/C13H19FN2O/c1-15-7-2-8-16(13(9-15)10-17)12-5-3-11(14)4-6-12/h3-6,13,17H,2,7-10H2,1H3. The Balaban J connectivity index is 2.19. The molecule has 4 heteroatoms. The van der Waals surface area contributed by atoms with E-state index in [-0.39, 0.29) is 18.5 Å². The maximum Gasteiger partial charge on any atom is 0.123 e. The summed E-state index contributed by atoms with van der Waals surface area (Å²) in [4.78, 5) is 4.40. The van der Waals surface area contributed by atoms with Gasteiger partial charge >= 0.3 is 0 Å². The van der Waals surface area contributed by atoms with Gasteiger partial charge in [0.15, 0.2) is 0 Å². The van der Waals surface area contributed by atoms with Crippen molar-refractivity contribution in [2.45, 2.75) is 12.5 Å². The first-order valence-electron chi connectivity index (χ1n) is 6.02. The summed E-state index contributed by atoms with van der Waals surface area (Å²) in [6, 6.07) is 6.59. The van der Waals surface area contributed by atoms with E-state index in [1.807, 2.05) is 0 Å². The van der Waals surface area contributed by atoms with Crippen molar-refractivity contribution in [2.24, 2.45) is 0 Å². The molecule has 1 fully saturated rings. The summed E-state index contributed by atoms with van der Waals surface area (Å²) in [5.41, 5.74) is 0.987. The minimum atomic E-state index is -0.221. The second-order valence-corrected chi connectivity index (χ2v) is 4.62. The van der Waals surface area contributed by atoms with E-state index in [2.05, 4.69) is 16.8 Å². The van der Waals surface area contributed by atoms with Crippen molar-refractivity contribution >= 4 is 5.69 Å². The molecule has 1 atom stereocenters. The first kappa shape index (κ1) is 12.3. The Bertz CT molecular complexity index is 355. The van der Waals surface area contributed by atoms with Crippen LogP contribution in [-0.4, -0.2) is 49.3 Å². The zero-order valence-corrected chi connectivity index (χ0v) is 10.1. The first-order chi connectivity index (χ1) is 8.20. The lowest BCUT2D eigenvalue weighted by Gasteiger charge is -2.31. The quantitative estimate of drug-likeness (QED) is 0.842. The van der Waals surface area contributed by atoms with E-state index >= 15 is 0 Å². The molecule has 0 spiro atoms. The summed E-state index contributed by atoms with van der Waals surface area (Å²) < 4.78 is 12.9. The lowest BCUT2D eigenvalue weighted by Crippen LogP contribution is -2.42. The third kappa shape index (κ3) is 2.96. The van der Waals surface area contributed by atoms with Crippen molar-refractivity contribution in [1.82, 2.24) is 4.90 Å². The molecule has 1 aliphatic rings. The van der Waals surface area contributed by atoms with Gasteiger partial charge in [-0.3, -0.25) is 0 Å². The lowest BCUT2D eigenvalue weighted by atomic mass is 10.2. The van der Waals surface area contributed by atoms with Gasteiger partial charge in [-0.05, 0) is 44.3 Å². The lowest BCUT2D eigenvalue weighted by molar-refractivity contribution is 0.229. The van der Waals surface area contributed by atoms with Gasteiger partial charge in [0.05, 0.1) is 12.6 Å². The maximum absolute atomic E-state index is 12.9. The molecule has 0 bridgehead atoms. The minimum absolute atomic E-state index is 0.0907. The van der Waals surface area contributed by atoms with E-state index in [9.17, 15) is 9.50 Å². The molecule has 2 rings (SSSR count). The summed E-state index contributed by atoms with van der Waals surface area (Å²) >= 11 is 0. The second-order valence-electron chi connectivity index (χ2n) is 4.62. The van der Waals surface area contributed by atoms with E-state index in [1.54, 1.807) is 12.1 Å². The molecule has 1 aromatic carbocycles. The molecule has 1 saturated heterocycles. The van der Waals surface area contributed by atoms with E-state index in [1.165, 1.54) is 12.1 Å². The van der Waals surface area contributed by atoms with Crippen LogP contribution in [0.2, 0.25) is 0 Å². The number of anilines is 1. The van der Waals surface area contributed by atoms with Crippen molar-refractivity contribution in [3.8, 4) is 0 Å². The van der Waals surface area contributed by atoms with Gasteiger partial charge in [0.1, 0.15) is 5.82 Å². The summed E-state index contributed by atoms with van der Waals surface area (Å²) in [7, 11) is 2.07. The molecule has 1 heterocycles. The Morgan fingerprint density at radius 2 is 2.00 bits per heavy atom. The van der Waals surface area contributed by atoms with Crippen LogP contribution in [0.5, 0.6) is 0 Å². The van der Waals surface area contributed by atoms with Crippen LogP contribution in [0.1, 0.15) is 6.42 Å². The zero-order chi connectivity index (χ0) is 12.3. The Labute approximate surface area is 101 Å². The van der Waals surface area contributed by atoms with Crippen LogP contribution in [-0.2, 0) is 0 Å². The van der Waals surface area contributed by atoms with Crippen LogP contribution in [0.25, 0.3) is 0 Å². The van der Waals surface area contributed by atoms with Gasteiger partial charge in [0.25, 0.3) is 0 Å². The normalized spacial score (nSPS) is 22.5. The highest BCUT2D eigenvalue weighted by Crippen LogP contribution is 2.20. The number of aliphatic hydroxyl groups is 1. The average Bonchev–Trinajstić information content (AvgIpc) is 2.52. The van der Waals surface area contributed by atoms with Crippen LogP contribution in [0.4, 0.5) is 10.1 Å². The van der Waals surface area contributed by atoms with Crippen molar-refractivity contribution in [3.63, 3.8) is 0 Å². The number of benzene rings is 1. The Morgan fingerprint density at radius 1 is 1.29 bits per heavy atom. The molecule has 0 saturated carbocycles. The molecule has 17 heavy (non-hydrogen) atoms. The van der Waals surface area contributed by atoms with Gasteiger partial charge in [-0.25, -0.2) is 4.39 Å². The van der Waals surface area contributed by atoms with Gasteiger partial charge in [0.2, 0.25) is 0 Å². The number of nitrogens with zero attached hydrogens (tertiary/aromatic N) is 2. The molecule has 1 aromatic rings. The predicted molar refractivity (Wildman–Crippen MR) is 66.7 cm³/mol. The van der Waals surface area contributed by atoms with Crippen molar-refractivity contribution < 1.29 is 9.50 Å². The molecule has 94 valence electrons. The van der Waals surface area contributed by atoms with Gasteiger partial charge in [0, 0.05) is 18.8 Å². The SMILES string of the molecule is CN1CCCN(c2ccc(F)cc2)C(CO)C1. The van der Waals surface area contributed by atoms with Crippen LogP contribution in [0.3, 0.4) is 0 Å². The molecule has 0 aromatic heterocycles. The van der Waals surface area contributed by atoms with E-state index in [0.29, 0.717) is 0 Å². The van der Waals surface area contributed by atoms with Crippen molar-refractivity contribution in [3.05, 3.63) is 30.1 Å². The molecule has 0 aliphatic carbocycles. The zero-order valence-electron chi connectivity index (χ0n) is 10.1. The topological polar surface area (TPSA) is 26.7 Å². The van der Waals surface area contributed by atoms with E-state index in [4.69, 9.17) is 0 Å². The Kier molecular flexibility index (Phi) is 3.97. The van der Waals surface area contributed by atoms with Crippen LogP contribution >= 0.6 is 0 Å². The summed E-state index contributed by atoms with van der Waals surface area (Å²) in [5, 5.41) is 9.48. The molecular formula is C13H19FN2O. The Morgan fingerprint density at radius 3 is 2.65 bits per heavy atom. The predicted octanol–water partition coefficient (Wildman–Crippen LogP) is 1.33. The van der Waals surface area contributed by atoms with Crippen molar-refractivity contribution in [2.75, 3.05) is 38.2 Å². The maximum atomic E-state index is 12.9. The number of aliphatic hydroxyl groups excluding tert-OH is 1. The monoisotopic (exact) mass is 238 g/mol. The van der Waals surface area contributed by atoms with Crippen LogP contribution in [0, 0.1) is 5.82 Å². The summed E-state index contributed by atoms with van der Waals surface area (Å²) in [6.07, 6.45) is 1.06. The van der Waals surface area contributed by atoms with Gasteiger partial charge < -0.3 is 14.9 Å². The average molecular weight is 238 g/mol. The van der Waals surface area contributed by atoms with Crippen molar-refractivity contribution in [1.29, 1.82) is 0 Å². The summed E-state index contributed by atoms with van der Waals surface area (Å²) in [6.45, 7) is 2.91. The highest BCUT2D eigenvalue weighted by Gasteiger charge is 2.22. The molecule has 1 aliphatic heterocycles. The molecule has 3 nitrogen and oxygen atoms in total. The number of rotatable bonds is 2. The van der Waals surface area contributed by atoms with Crippen LogP contribution in [0.15, 0.2) is 24.3 Å². The number of halogens is 1. The smallest absolute Gasteiger partial charge is 0.123 e. The summed E-state index contributed by atoms with van der Waals surface area (Å²) in [5.74, 6) is -0.221. The largest absolute Gasteiger partial charge is 0.394 e. The fourth-order valence-corrected chi connectivity index (χ4v) is 2.37. The molecule has 0 radical (unpaired) electrons. The van der Waals surface area contributed by atoms with Gasteiger partial charge in [-0.15, -0.1) is 0 Å². The number of hydrogen-bond acceptors (Lipinski definition) is 3. The highest BCUT2D eigenvalue weighted by molar-refractivity contribution is 5.47. The van der Waals surface area contributed by atoms with Gasteiger partial charge in [-0.2, -0.15) is 0 Å². The molecule has 0 amide bonds. The molecular weight excluding hydrogens is 219 g/mol. The fraction of sp³-hybridized carbons (Fsp3) is 0.538. The molecule has 1 unspecified atom stereocenters. The third-order valence-electron chi connectivity index (χ3n) is 3.27. The highest BCUT2D eigenvalue weighted by atomic mass is 19.1. The van der Waals surface area contributed by atoms with E-state index < -0.39 is 0 Å². The van der Waals surface area contributed by atoms with Gasteiger partial charge in [-0.1, -0.05) is 0 Å². The Hall–Kier alpha value is -1.13.